The number of pyridine rings is 1. The average molecular weight is 409 g/mol. The molecule has 0 radical (unpaired) electrons. The van der Waals surface area contributed by atoms with Gasteiger partial charge in [-0.2, -0.15) is 0 Å². The fourth-order valence-corrected chi connectivity index (χ4v) is 5.70. The van der Waals surface area contributed by atoms with Crippen LogP contribution >= 0.6 is 0 Å². The number of hydrogen-bond donors (Lipinski definition) is 1. The molecular formula is C25H32N2O3. The highest BCUT2D eigenvalue weighted by Gasteiger charge is 2.53. The van der Waals surface area contributed by atoms with E-state index in [9.17, 15) is 5.11 Å². The second kappa shape index (κ2) is 8.29. The van der Waals surface area contributed by atoms with E-state index >= 15 is 0 Å². The fourth-order valence-electron chi connectivity index (χ4n) is 5.70. The molecule has 5 rings (SSSR count). The van der Waals surface area contributed by atoms with E-state index in [1.54, 1.807) is 0 Å². The Kier molecular flexibility index (Phi) is 5.52. The van der Waals surface area contributed by atoms with Crippen LogP contribution in [0.4, 0.5) is 0 Å². The van der Waals surface area contributed by atoms with Crippen molar-refractivity contribution in [2.24, 2.45) is 11.8 Å². The molecule has 3 aliphatic rings. The first-order valence-corrected chi connectivity index (χ1v) is 11.3. The van der Waals surface area contributed by atoms with E-state index in [0.29, 0.717) is 12.5 Å². The van der Waals surface area contributed by atoms with Crippen molar-refractivity contribution in [2.75, 3.05) is 26.3 Å². The van der Waals surface area contributed by atoms with Crippen LogP contribution in [0.25, 0.3) is 0 Å². The SMILES string of the molecule is Cc1cccnc1[C@@]1(O)CC[C@@H]2CN(Cc3cccc(OCC4CCCO4)c3)C[C@@H]21. The molecule has 30 heavy (non-hydrogen) atoms. The summed E-state index contributed by atoms with van der Waals surface area (Å²) in [7, 11) is 0. The zero-order valence-corrected chi connectivity index (χ0v) is 17.8. The number of hydrogen-bond acceptors (Lipinski definition) is 5. The first-order valence-electron chi connectivity index (χ1n) is 11.3. The van der Waals surface area contributed by atoms with Gasteiger partial charge in [-0.15, -0.1) is 0 Å². The molecule has 0 amide bonds. The third kappa shape index (κ3) is 3.86. The lowest BCUT2D eigenvalue weighted by atomic mass is 9.83. The Hall–Kier alpha value is -1.95. The molecular weight excluding hydrogens is 376 g/mol. The summed E-state index contributed by atoms with van der Waals surface area (Å²) in [6, 6.07) is 12.4. The van der Waals surface area contributed by atoms with Gasteiger partial charge in [0.1, 0.15) is 18.0 Å². The van der Waals surface area contributed by atoms with Gasteiger partial charge in [-0.1, -0.05) is 18.2 Å². The van der Waals surface area contributed by atoms with Crippen molar-refractivity contribution in [3.05, 3.63) is 59.4 Å². The van der Waals surface area contributed by atoms with E-state index < -0.39 is 5.60 Å². The van der Waals surface area contributed by atoms with Crippen LogP contribution in [-0.4, -0.2) is 47.4 Å². The summed E-state index contributed by atoms with van der Waals surface area (Å²) in [6.07, 6.45) is 6.16. The third-order valence-corrected chi connectivity index (χ3v) is 7.21. The highest BCUT2D eigenvalue weighted by Crippen LogP contribution is 2.50. The molecule has 2 saturated heterocycles. The predicted molar refractivity (Wildman–Crippen MR) is 115 cm³/mol. The van der Waals surface area contributed by atoms with Crippen molar-refractivity contribution in [1.29, 1.82) is 0 Å². The molecule has 1 N–H and O–H groups in total. The number of aliphatic hydroxyl groups is 1. The van der Waals surface area contributed by atoms with E-state index in [2.05, 4.69) is 41.1 Å². The molecule has 1 aromatic heterocycles. The highest BCUT2D eigenvalue weighted by atomic mass is 16.5. The summed E-state index contributed by atoms with van der Waals surface area (Å²) in [5.41, 5.74) is 2.44. The monoisotopic (exact) mass is 408 g/mol. The largest absolute Gasteiger partial charge is 0.491 e. The molecule has 0 spiro atoms. The van der Waals surface area contributed by atoms with Crippen molar-refractivity contribution in [3.8, 4) is 5.75 Å². The molecule has 1 saturated carbocycles. The number of benzene rings is 1. The van der Waals surface area contributed by atoms with Crippen LogP contribution in [0.3, 0.4) is 0 Å². The van der Waals surface area contributed by atoms with Gasteiger partial charge in [-0.25, -0.2) is 0 Å². The van der Waals surface area contributed by atoms with E-state index in [1.165, 1.54) is 5.56 Å². The summed E-state index contributed by atoms with van der Waals surface area (Å²) in [5.74, 6) is 1.71. The first-order chi connectivity index (χ1) is 14.6. The maximum Gasteiger partial charge on any atom is 0.119 e. The van der Waals surface area contributed by atoms with Gasteiger partial charge in [0.25, 0.3) is 0 Å². The van der Waals surface area contributed by atoms with Crippen LogP contribution in [0.1, 0.15) is 42.5 Å². The third-order valence-electron chi connectivity index (χ3n) is 7.21. The molecule has 5 heteroatoms. The fraction of sp³-hybridized carbons (Fsp3) is 0.560. The summed E-state index contributed by atoms with van der Waals surface area (Å²) in [4.78, 5) is 7.05. The number of likely N-dealkylation sites (tertiary alicyclic amines) is 1. The van der Waals surface area contributed by atoms with Gasteiger partial charge in [0.05, 0.1) is 11.8 Å². The predicted octanol–water partition coefficient (Wildman–Crippen LogP) is 3.68. The Labute approximate surface area is 179 Å². The molecule has 3 heterocycles. The van der Waals surface area contributed by atoms with Gasteiger partial charge in [0.15, 0.2) is 0 Å². The zero-order valence-electron chi connectivity index (χ0n) is 17.8. The minimum Gasteiger partial charge on any atom is -0.491 e. The lowest BCUT2D eigenvalue weighted by Gasteiger charge is -2.31. The van der Waals surface area contributed by atoms with Crippen LogP contribution in [0.2, 0.25) is 0 Å². The summed E-state index contributed by atoms with van der Waals surface area (Å²) < 4.78 is 11.6. The van der Waals surface area contributed by atoms with Gasteiger partial charge in [-0.05, 0) is 67.9 Å². The maximum atomic E-state index is 11.6. The van der Waals surface area contributed by atoms with Crippen LogP contribution in [0.5, 0.6) is 5.75 Å². The smallest absolute Gasteiger partial charge is 0.119 e. The minimum atomic E-state index is -0.795. The minimum absolute atomic E-state index is 0.236. The zero-order chi connectivity index (χ0) is 20.6. The Bertz CT molecular complexity index is 882. The molecule has 1 aromatic carbocycles. The molecule has 1 aliphatic carbocycles. The molecule has 1 unspecified atom stereocenters. The molecule has 160 valence electrons. The summed E-state index contributed by atoms with van der Waals surface area (Å²) in [6.45, 7) is 6.39. The lowest BCUT2D eigenvalue weighted by Crippen LogP contribution is -2.36. The lowest BCUT2D eigenvalue weighted by molar-refractivity contribution is -0.0114. The van der Waals surface area contributed by atoms with Crippen LogP contribution in [0, 0.1) is 18.8 Å². The Morgan fingerprint density at radius 2 is 2.17 bits per heavy atom. The van der Waals surface area contributed by atoms with Crippen LogP contribution < -0.4 is 4.74 Å². The highest BCUT2D eigenvalue weighted by molar-refractivity contribution is 5.30. The number of ether oxygens (including phenoxy) is 2. The quantitative estimate of drug-likeness (QED) is 0.790. The molecule has 5 nitrogen and oxygen atoms in total. The van der Waals surface area contributed by atoms with Gasteiger partial charge in [0.2, 0.25) is 0 Å². The molecule has 2 aliphatic heterocycles. The van der Waals surface area contributed by atoms with Crippen molar-refractivity contribution in [1.82, 2.24) is 9.88 Å². The molecule has 4 atom stereocenters. The van der Waals surface area contributed by atoms with E-state index in [0.717, 1.165) is 68.9 Å². The van der Waals surface area contributed by atoms with Gasteiger partial charge >= 0.3 is 0 Å². The van der Waals surface area contributed by atoms with Crippen LogP contribution in [0.15, 0.2) is 42.6 Å². The number of rotatable bonds is 6. The summed E-state index contributed by atoms with van der Waals surface area (Å²) >= 11 is 0. The second-order valence-corrected chi connectivity index (χ2v) is 9.29. The van der Waals surface area contributed by atoms with E-state index in [-0.39, 0.29) is 12.0 Å². The van der Waals surface area contributed by atoms with Crippen molar-refractivity contribution in [3.63, 3.8) is 0 Å². The van der Waals surface area contributed by atoms with Gasteiger partial charge in [0, 0.05) is 38.4 Å². The maximum absolute atomic E-state index is 11.6. The van der Waals surface area contributed by atoms with E-state index in [4.69, 9.17) is 9.47 Å². The van der Waals surface area contributed by atoms with Gasteiger partial charge < -0.3 is 14.6 Å². The van der Waals surface area contributed by atoms with Gasteiger partial charge in [-0.3, -0.25) is 9.88 Å². The number of fused-ring (bicyclic) bond motifs is 1. The topological polar surface area (TPSA) is 54.8 Å². The second-order valence-electron chi connectivity index (χ2n) is 9.29. The van der Waals surface area contributed by atoms with Crippen molar-refractivity contribution in [2.45, 2.75) is 50.9 Å². The normalized spacial score (nSPS) is 31.2. The van der Waals surface area contributed by atoms with Crippen molar-refractivity contribution < 1.29 is 14.6 Å². The first kappa shape index (κ1) is 20.0. The van der Waals surface area contributed by atoms with Crippen LogP contribution in [-0.2, 0) is 16.9 Å². The van der Waals surface area contributed by atoms with E-state index in [1.807, 2.05) is 18.3 Å². The number of nitrogens with zero attached hydrogens (tertiary/aromatic N) is 2. The Morgan fingerprint density at radius 3 is 3.00 bits per heavy atom. The Balaban J connectivity index is 1.23. The average Bonchev–Trinajstić information content (AvgIpc) is 3.47. The summed E-state index contributed by atoms with van der Waals surface area (Å²) in [5, 5.41) is 11.6. The van der Waals surface area contributed by atoms with Crippen molar-refractivity contribution >= 4 is 0 Å². The standard InChI is InChI=1S/C25H32N2O3/c1-18-5-3-11-26-24(18)25(28)10-9-20-15-27(16-23(20)25)14-19-6-2-7-21(13-19)30-17-22-8-4-12-29-22/h2-3,5-7,11,13,20,22-23,28H,4,8-10,12,14-17H2,1H3/t20-,22?,23+,25-/m1/s1. The number of aryl methyl sites for hydroxylation is 1. The number of aromatic nitrogens is 1. The molecule has 3 fully saturated rings. The molecule has 0 bridgehead atoms. The molecule has 2 aromatic rings. The Morgan fingerprint density at radius 1 is 1.23 bits per heavy atom.